The molecule has 1 aliphatic heterocycles. The van der Waals surface area contributed by atoms with Crippen LogP contribution in [0, 0.1) is 5.82 Å². The average molecular weight is 414 g/mol. The zero-order valence-electron chi connectivity index (χ0n) is 16.5. The topological polar surface area (TPSA) is 109 Å². The number of anilines is 1. The van der Waals surface area contributed by atoms with Gasteiger partial charge < -0.3 is 20.5 Å². The summed E-state index contributed by atoms with van der Waals surface area (Å²) in [7, 11) is 1.61. The van der Waals surface area contributed by atoms with Gasteiger partial charge in [0.2, 0.25) is 5.88 Å². The van der Waals surface area contributed by atoms with Gasteiger partial charge in [-0.1, -0.05) is 0 Å². The first-order valence-electron chi connectivity index (χ1n) is 9.64. The van der Waals surface area contributed by atoms with Crippen molar-refractivity contribution in [2.75, 3.05) is 25.9 Å². The lowest BCUT2D eigenvalue weighted by Gasteiger charge is -2.35. The predicted molar refractivity (Wildman–Crippen MR) is 108 cm³/mol. The van der Waals surface area contributed by atoms with Crippen molar-refractivity contribution in [3.05, 3.63) is 48.2 Å². The van der Waals surface area contributed by atoms with Gasteiger partial charge in [-0.25, -0.2) is 13.7 Å². The van der Waals surface area contributed by atoms with Crippen LogP contribution in [-0.4, -0.2) is 61.8 Å². The molecule has 0 unspecified atom stereocenters. The van der Waals surface area contributed by atoms with Gasteiger partial charge in [0.25, 0.3) is 0 Å². The summed E-state index contributed by atoms with van der Waals surface area (Å²) in [5.41, 5.74) is 7.53. The van der Waals surface area contributed by atoms with Crippen LogP contribution in [-0.2, 0) is 6.54 Å². The Morgan fingerprint density at radius 2 is 2.13 bits per heavy atom. The summed E-state index contributed by atoms with van der Waals surface area (Å²) < 4.78 is 21.6. The molecule has 1 amide bonds. The average Bonchev–Trinajstić information content (AvgIpc) is 3.14. The summed E-state index contributed by atoms with van der Waals surface area (Å²) >= 11 is 0. The number of aromatic nitrogens is 3. The third-order valence-electron chi connectivity index (χ3n) is 5.47. The van der Waals surface area contributed by atoms with Gasteiger partial charge in [-0.2, -0.15) is 10.1 Å². The van der Waals surface area contributed by atoms with Crippen LogP contribution in [0.1, 0.15) is 18.4 Å². The van der Waals surface area contributed by atoms with Crippen molar-refractivity contribution in [3.63, 3.8) is 0 Å². The fourth-order valence-corrected chi connectivity index (χ4v) is 3.76. The number of nitrogen functional groups attached to an aromatic ring is 1. The molecule has 1 aliphatic rings. The number of nitrogens with zero attached hydrogens (tertiary/aromatic N) is 5. The minimum atomic E-state index is -0.902. The van der Waals surface area contributed by atoms with Gasteiger partial charge >= 0.3 is 6.09 Å². The number of carboxylic acid groups (broad SMARTS) is 1. The second-order valence-electron chi connectivity index (χ2n) is 7.39. The highest BCUT2D eigenvalue weighted by Gasteiger charge is 2.26. The van der Waals surface area contributed by atoms with Gasteiger partial charge in [-0.15, -0.1) is 0 Å². The molecular weight excluding hydrogens is 391 g/mol. The van der Waals surface area contributed by atoms with Gasteiger partial charge in [-0.3, -0.25) is 4.90 Å². The highest BCUT2D eigenvalue weighted by molar-refractivity contribution is 5.65. The second kappa shape index (κ2) is 8.15. The van der Waals surface area contributed by atoms with Crippen LogP contribution in [0.3, 0.4) is 0 Å². The highest BCUT2D eigenvalue weighted by Crippen LogP contribution is 2.30. The molecular formula is C20H23FN6O3. The van der Waals surface area contributed by atoms with E-state index >= 15 is 0 Å². The Bertz CT molecular complexity index is 1060. The van der Waals surface area contributed by atoms with E-state index in [2.05, 4.69) is 15.0 Å². The SMILES string of the molecule is CN(C(=O)O)C1CCN(Cc2ccn3ncnc(Oc4ccc(N)cc4F)c23)CC1. The molecule has 10 heteroatoms. The van der Waals surface area contributed by atoms with Crippen LogP contribution in [0.5, 0.6) is 11.6 Å². The van der Waals surface area contributed by atoms with Gasteiger partial charge in [0.15, 0.2) is 11.6 Å². The zero-order valence-corrected chi connectivity index (χ0v) is 16.5. The first-order valence-corrected chi connectivity index (χ1v) is 9.64. The number of halogens is 1. The second-order valence-corrected chi connectivity index (χ2v) is 7.39. The van der Waals surface area contributed by atoms with Crippen molar-refractivity contribution < 1.29 is 19.0 Å². The lowest BCUT2D eigenvalue weighted by molar-refractivity contribution is 0.103. The van der Waals surface area contributed by atoms with Crippen LogP contribution < -0.4 is 10.5 Å². The van der Waals surface area contributed by atoms with E-state index in [1.54, 1.807) is 17.6 Å². The maximum Gasteiger partial charge on any atom is 0.407 e. The van der Waals surface area contributed by atoms with Crippen LogP contribution in [0.4, 0.5) is 14.9 Å². The summed E-state index contributed by atoms with van der Waals surface area (Å²) in [5.74, 6) is -0.270. The molecule has 4 rings (SSSR count). The van der Waals surface area contributed by atoms with E-state index in [1.807, 2.05) is 12.3 Å². The number of likely N-dealkylation sites (tertiary alicyclic amines) is 1. The van der Waals surface area contributed by atoms with Gasteiger partial charge in [0.05, 0.1) is 0 Å². The van der Waals surface area contributed by atoms with Gasteiger partial charge in [0.1, 0.15) is 11.8 Å². The predicted octanol–water partition coefficient (Wildman–Crippen LogP) is 2.82. The Balaban J connectivity index is 1.52. The fourth-order valence-electron chi connectivity index (χ4n) is 3.76. The molecule has 0 spiro atoms. The molecule has 158 valence electrons. The summed E-state index contributed by atoms with van der Waals surface area (Å²) in [5, 5.41) is 13.4. The molecule has 3 heterocycles. The van der Waals surface area contributed by atoms with Crippen molar-refractivity contribution in [2.45, 2.75) is 25.4 Å². The van der Waals surface area contributed by atoms with Gasteiger partial charge in [-0.05, 0) is 36.6 Å². The minimum Gasteiger partial charge on any atom is -0.465 e. The first-order chi connectivity index (χ1) is 14.4. The van der Waals surface area contributed by atoms with E-state index in [0.717, 1.165) is 31.5 Å². The molecule has 3 N–H and O–H groups in total. The molecule has 0 saturated carbocycles. The van der Waals surface area contributed by atoms with E-state index in [9.17, 15) is 9.18 Å². The number of piperidine rings is 1. The van der Waals surface area contributed by atoms with Crippen LogP contribution >= 0.6 is 0 Å². The molecule has 0 atom stereocenters. The van der Waals surface area contributed by atoms with E-state index in [1.165, 1.54) is 23.4 Å². The Labute approximate surface area is 172 Å². The van der Waals surface area contributed by atoms with Crippen LogP contribution in [0.2, 0.25) is 0 Å². The summed E-state index contributed by atoms with van der Waals surface area (Å²) in [6.07, 6.45) is 3.80. The summed E-state index contributed by atoms with van der Waals surface area (Å²) in [4.78, 5) is 19.0. The van der Waals surface area contributed by atoms with Crippen LogP contribution in [0.15, 0.2) is 36.8 Å². The highest BCUT2D eigenvalue weighted by atomic mass is 19.1. The smallest absolute Gasteiger partial charge is 0.407 e. The third kappa shape index (κ3) is 3.99. The Morgan fingerprint density at radius 3 is 2.83 bits per heavy atom. The number of carbonyl (C=O) groups is 1. The molecule has 0 bridgehead atoms. The number of fused-ring (bicyclic) bond motifs is 1. The van der Waals surface area contributed by atoms with E-state index in [4.69, 9.17) is 15.6 Å². The largest absolute Gasteiger partial charge is 0.465 e. The maximum atomic E-state index is 14.2. The van der Waals surface area contributed by atoms with Crippen molar-refractivity contribution in [2.24, 2.45) is 0 Å². The molecule has 3 aromatic rings. The number of benzene rings is 1. The summed E-state index contributed by atoms with van der Waals surface area (Å²) in [6.45, 7) is 2.18. The first kappa shape index (κ1) is 19.9. The normalized spacial score (nSPS) is 15.4. The lowest BCUT2D eigenvalue weighted by Crippen LogP contribution is -2.44. The molecule has 0 radical (unpaired) electrons. The lowest BCUT2D eigenvalue weighted by atomic mass is 10.0. The van der Waals surface area contributed by atoms with Gasteiger partial charge in [0, 0.05) is 50.7 Å². The number of hydrogen-bond acceptors (Lipinski definition) is 6. The minimum absolute atomic E-state index is 0.0280. The molecule has 1 aromatic carbocycles. The molecule has 2 aromatic heterocycles. The van der Waals surface area contributed by atoms with E-state index < -0.39 is 11.9 Å². The number of hydrogen-bond donors (Lipinski definition) is 2. The summed E-state index contributed by atoms with van der Waals surface area (Å²) in [6, 6.07) is 6.20. The fraction of sp³-hybridized carbons (Fsp3) is 0.350. The number of rotatable bonds is 5. The standard InChI is InChI=1S/C20H23FN6O3/c1-25(20(28)29)15-5-7-26(8-6-15)11-13-4-9-27-18(13)19(23-12-24-27)30-17-3-2-14(22)10-16(17)21/h2-4,9-10,12,15H,5-8,11,22H2,1H3,(H,28,29). The van der Waals surface area contributed by atoms with E-state index in [-0.39, 0.29) is 17.7 Å². The van der Waals surface area contributed by atoms with Crippen molar-refractivity contribution in [1.82, 2.24) is 24.4 Å². The van der Waals surface area contributed by atoms with Crippen molar-refractivity contribution in [1.29, 1.82) is 0 Å². The Kier molecular flexibility index (Phi) is 5.40. The number of amides is 1. The molecule has 1 fully saturated rings. The monoisotopic (exact) mass is 414 g/mol. The molecule has 9 nitrogen and oxygen atoms in total. The maximum absolute atomic E-state index is 14.2. The zero-order chi connectivity index (χ0) is 21.3. The van der Waals surface area contributed by atoms with Crippen molar-refractivity contribution >= 4 is 17.3 Å². The third-order valence-corrected chi connectivity index (χ3v) is 5.47. The Morgan fingerprint density at radius 1 is 1.37 bits per heavy atom. The molecule has 0 aliphatic carbocycles. The molecule has 30 heavy (non-hydrogen) atoms. The number of nitrogens with two attached hydrogens (primary N) is 1. The van der Waals surface area contributed by atoms with E-state index in [0.29, 0.717) is 17.7 Å². The van der Waals surface area contributed by atoms with Crippen molar-refractivity contribution in [3.8, 4) is 11.6 Å². The number of ether oxygens (including phenoxy) is 1. The quantitative estimate of drug-likeness (QED) is 0.618. The molecule has 1 saturated heterocycles. The Hall–Kier alpha value is -3.40. The van der Waals surface area contributed by atoms with Crippen LogP contribution in [0.25, 0.3) is 5.52 Å².